The lowest BCUT2D eigenvalue weighted by atomic mass is 9.94. The van der Waals surface area contributed by atoms with E-state index < -0.39 is 0 Å². The van der Waals surface area contributed by atoms with Crippen LogP contribution in [-0.4, -0.2) is 17.5 Å². The van der Waals surface area contributed by atoms with Gasteiger partial charge in [-0.05, 0) is 41.0 Å². The highest BCUT2D eigenvalue weighted by Crippen LogP contribution is 2.43. The molecule has 1 aromatic carbocycles. The second kappa shape index (κ2) is 7.56. The molecule has 1 aliphatic heterocycles. The Morgan fingerprint density at radius 2 is 2.13 bits per heavy atom. The molecular formula is C19H22O2S2. The molecule has 0 saturated heterocycles. The smallest absolute Gasteiger partial charge is 0.134 e. The van der Waals surface area contributed by atoms with Crippen molar-refractivity contribution in [2.45, 2.75) is 30.6 Å². The Labute approximate surface area is 146 Å². The lowest BCUT2D eigenvalue weighted by molar-refractivity contribution is 0.0359. The zero-order valence-electron chi connectivity index (χ0n) is 13.3. The zero-order chi connectivity index (χ0) is 16.1. The largest absolute Gasteiger partial charge is 0.487 e. The van der Waals surface area contributed by atoms with Gasteiger partial charge in [0.25, 0.3) is 0 Å². The van der Waals surface area contributed by atoms with Gasteiger partial charge in [-0.2, -0.15) is 23.1 Å². The van der Waals surface area contributed by atoms with Crippen LogP contribution in [-0.2, 0) is 10.3 Å². The molecule has 2 atom stereocenters. The third-order valence-electron chi connectivity index (χ3n) is 4.17. The number of hydrogen-bond acceptors (Lipinski definition) is 4. The molecule has 0 bridgehead atoms. The van der Waals surface area contributed by atoms with Crippen LogP contribution in [0, 0.1) is 0 Å². The van der Waals surface area contributed by atoms with Crippen LogP contribution in [0.3, 0.4) is 0 Å². The van der Waals surface area contributed by atoms with Gasteiger partial charge in [0.15, 0.2) is 0 Å². The molecule has 1 aliphatic rings. The highest BCUT2D eigenvalue weighted by atomic mass is 32.2. The summed E-state index contributed by atoms with van der Waals surface area (Å²) in [7, 11) is 0. The van der Waals surface area contributed by atoms with Gasteiger partial charge in [-0.1, -0.05) is 30.3 Å². The van der Waals surface area contributed by atoms with Crippen molar-refractivity contribution < 1.29 is 9.84 Å². The summed E-state index contributed by atoms with van der Waals surface area (Å²) < 4.78 is 6.33. The second-order valence-electron chi connectivity index (χ2n) is 5.92. The quantitative estimate of drug-likeness (QED) is 0.754. The Hall–Kier alpha value is -1.23. The molecule has 2 heterocycles. The summed E-state index contributed by atoms with van der Waals surface area (Å²) in [5.74, 6) is 1.82. The molecule has 23 heavy (non-hydrogen) atoms. The van der Waals surface area contributed by atoms with E-state index in [4.69, 9.17) is 9.84 Å². The van der Waals surface area contributed by atoms with E-state index in [1.165, 1.54) is 11.1 Å². The SMILES string of the molecule is CC1(c2ccccc2)CC=C(CC(SCCO)c2ccsc2)O1. The van der Waals surface area contributed by atoms with Crippen LogP contribution in [0.15, 0.2) is 59.0 Å². The van der Waals surface area contributed by atoms with Gasteiger partial charge >= 0.3 is 0 Å². The monoisotopic (exact) mass is 346 g/mol. The van der Waals surface area contributed by atoms with E-state index in [1.54, 1.807) is 23.1 Å². The van der Waals surface area contributed by atoms with E-state index in [0.717, 1.165) is 24.4 Å². The summed E-state index contributed by atoms with van der Waals surface area (Å²) in [5, 5.41) is 13.8. The maximum Gasteiger partial charge on any atom is 0.134 e. The summed E-state index contributed by atoms with van der Waals surface area (Å²) in [4.78, 5) is 0. The van der Waals surface area contributed by atoms with Crippen molar-refractivity contribution in [3.8, 4) is 0 Å². The minimum atomic E-state index is -0.253. The van der Waals surface area contributed by atoms with E-state index in [1.807, 2.05) is 6.07 Å². The first-order valence-electron chi connectivity index (χ1n) is 7.89. The van der Waals surface area contributed by atoms with Gasteiger partial charge in [0.2, 0.25) is 0 Å². The Morgan fingerprint density at radius 3 is 2.83 bits per heavy atom. The number of thiophene rings is 1. The van der Waals surface area contributed by atoms with Crippen LogP contribution >= 0.6 is 23.1 Å². The van der Waals surface area contributed by atoms with Gasteiger partial charge in [-0.25, -0.2) is 0 Å². The molecule has 0 saturated carbocycles. The Kier molecular flexibility index (Phi) is 5.46. The van der Waals surface area contributed by atoms with Crippen LogP contribution in [0.25, 0.3) is 0 Å². The first-order valence-corrected chi connectivity index (χ1v) is 9.88. The van der Waals surface area contributed by atoms with Crippen molar-refractivity contribution in [1.82, 2.24) is 0 Å². The van der Waals surface area contributed by atoms with E-state index in [-0.39, 0.29) is 12.2 Å². The standard InChI is InChI=1S/C19H22O2S2/c1-19(16-5-3-2-4-6-16)9-7-17(21-19)13-18(23-12-10-20)15-8-11-22-14-15/h2-8,11,14,18,20H,9-10,12-13H2,1H3. The lowest BCUT2D eigenvalue weighted by Crippen LogP contribution is -2.20. The minimum absolute atomic E-state index is 0.215. The lowest BCUT2D eigenvalue weighted by Gasteiger charge is -2.27. The first kappa shape index (κ1) is 16.6. The third kappa shape index (κ3) is 4.00. The van der Waals surface area contributed by atoms with Gasteiger partial charge in [0.1, 0.15) is 5.60 Å². The van der Waals surface area contributed by atoms with Crippen molar-refractivity contribution in [3.05, 3.63) is 70.1 Å². The molecular weight excluding hydrogens is 324 g/mol. The summed E-state index contributed by atoms with van der Waals surface area (Å²) >= 11 is 3.52. The van der Waals surface area contributed by atoms with Crippen LogP contribution in [0.5, 0.6) is 0 Å². The third-order valence-corrected chi connectivity index (χ3v) is 6.13. The predicted octanol–water partition coefficient (Wildman–Crippen LogP) is 5.12. The summed E-state index contributed by atoms with van der Waals surface area (Å²) in [6.45, 7) is 2.37. The van der Waals surface area contributed by atoms with Crippen molar-refractivity contribution in [2.24, 2.45) is 0 Å². The molecule has 2 unspecified atom stereocenters. The summed E-state index contributed by atoms with van der Waals surface area (Å²) in [6.07, 6.45) is 4.02. The average Bonchev–Trinajstić information content (AvgIpc) is 3.23. The molecule has 122 valence electrons. The van der Waals surface area contributed by atoms with Gasteiger partial charge in [0.05, 0.1) is 12.4 Å². The summed E-state index contributed by atoms with van der Waals surface area (Å²) in [6, 6.07) is 12.6. The van der Waals surface area contributed by atoms with Crippen LogP contribution < -0.4 is 0 Å². The number of thioether (sulfide) groups is 1. The predicted molar refractivity (Wildman–Crippen MR) is 98.8 cm³/mol. The molecule has 4 heteroatoms. The van der Waals surface area contributed by atoms with Gasteiger partial charge in [-0.15, -0.1) is 0 Å². The number of aliphatic hydroxyl groups excluding tert-OH is 1. The van der Waals surface area contributed by atoms with Crippen molar-refractivity contribution in [2.75, 3.05) is 12.4 Å². The average molecular weight is 347 g/mol. The Morgan fingerprint density at radius 1 is 1.30 bits per heavy atom. The number of rotatable bonds is 7. The highest BCUT2D eigenvalue weighted by Gasteiger charge is 2.34. The van der Waals surface area contributed by atoms with E-state index in [0.29, 0.717) is 5.25 Å². The van der Waals surface area contributed by atoms with Gasteiger partial charge in [-0.3, -0.25) is 0 Å². The van der Waals surface area contributed by atoms with Gasteiger partial charge < -0.3 is 9.84 Å². The maximum absolute atomic E-state index is 9.14. The molecule has 1 N–H and O–H groups in total. The zero-order valence-corrected chi connectivity index (χ0v) is 14.9. The fraction of sp³-hybridized carbons (Fsp3) is 0.368. The second-order valence-corrected chi connectivity index (χ2v) is 8.01. The van der Waals surface area contributed by atoms with Crippen molar-refractivity contribution >= 4 is 23.1 Å². The minimum Gasteiger partial charge on any atom is -0.487 e. The van der Waals surface area contributed by atoms with E-state index >= 15 is 0 Å². The van der Waals surface area contributed by atoms with Crippen molar-refractivity contribution in [1.29, 1.82) is 0 Å². The first-order chi connectivity index (χ1) is 11.2. The number of benzene rings is 1. The van der Waals surface area contributed by atoms with Crippen molar-refractivity contribution in [3.63, 3.8) is 0 Å². The fourth-order valence-electron chi connectivity index (χ4n) is 2.88. The Balaban J connectivity index is 1.68. The molecule has 0 aliphatic carbocycles. The van der Waals surface area contributed by atoms with Crippen LogP contribution in [0.2, 0.25) is 0 Å². The molecule has 2 aromatic rings. The van der Waals surface area contributed by atoms with Crippen LogP contribution in [0.1, 0.15) is 36.1 Å². The number of aliphatic hydroxyl groups is 1. The molecule has 0 spiro atoms. The molecule has 2 nitrogen and oxygen atoms in total. The highest BCUT2D eigenvalue weighted by molar-refractivity contribution is 7.99. The maximum atomic E-state index is 9.14. The van der Waals surface area contributed by atoms with E-state index in [9.17, 15) is 0 Å². The molecule has 1 aromatic heterocycles. The topological polar surface area (TPSA) is 29.5 Å². The number of allylic oxidation sites excluding steroid dienone is 1. The Bertz CT molecular complexity index is 637. The normalized spacial score (nSPS) is 21.7. The fourth-order valence-corrected chi connectivity index (χ4v) is 4.69. The number of hydrogen-bond donors (Lipinski definition) is 1. The molecule has 0 radical (unpaired) electrons. The molecule has 0 amide bonds. The van der Waals surface area contributed by atoms with E-state index in [2.05, 4.69) is 54.1 Å². The summed E-state index contributed by atoms with van der Waals surface area (Å²) in [5.41, 5.74) is 2.30. The number of ether oxygens (including phenoxy) is 1. The van der Waals surface area contributed by atoms with Gasteiger partial charge in [0, 0.05) is 23.8 Å². The molecule has 0 fully saturated rings. The van der Waals surface area contributed by atoms with Crippen LogP contribution in [0.4, 0.5) is 0 Å². The molecule has 3 rings (SSSR count).